The number of hydrogen-bond donors (Lipinski definition) is 0. The van der Waals surface area contributed by atoms with Gasteiger partial charge in [-0.2, -0.15) is 0 Å². The van der Waals surface area contributed by atoms with Gasteiger partial charge in [0.05, 0.1) is 23.8 Å². The number of carbonyl (C=O) groups excluding carboxylic acids is 2. The summed E-state index contributed by atoms with van der Waals surface area (Å²) in [5.41, 5.74) is 0.762. The first-order valence-corrected chi connectivity index (χ1v) is 11.5. The molecular weight excluding hydrogens is 423 g/mol. The molecule has 0 saturated carbocycles. The summed E-state index contributed by atoms with van der Waals surface area (Å²) in [4.78, 5) is 28.9. The van der Waals surface area contributed by atoms with Crippen LogP contribution in [-0.2, 0) is 30.2 Å². The molecule has 1 aliphatic heterocycles. The first kappa shape index (κ1) is 22.6. The van der Waals surface area contributed by atoms with Gasteiger partial charge in [0.1, 0.15) is 0 Å². The molecule has 0 unspecified atom stereocenters. The summed E-state index contributed by atoms with van der Waals surface area (Å²) in [7, 11) is 1.73. The van der Waals surface area contributed by atoms with E-state index in [4.69, 9.17) is 37.0 Å². The number of rotatable bonds is 7. The van der Waals surface area contributed by atoms with Crippen LogP contribution in [0.3, 0.4) is 0 Å². The van der Waals surface area contributed by atoms with E-state index in [1.165, 1.54) is 11.1 Å². The van der Waals surface area contributed by atoms with E-state index >= 15 is 0 Å². The fraction of sp³-hybridized carbons (Fsp3) is 0.333. The lowest BCUT2D eigenvalue weighted by atomic mass is 10.1. The van der Waals surface area contributed by atoms with Crippen LogP contribution in [0.4, 0.5) is 0 Å². The molecule has 10 heteroatoms. The van der Waals surface area contributed by atoms with Crippen molar-refractivity contribution < 1.29 is 23.2 Å². The molecule has 0 saturated heterocycles. The molecule has 7 nitrogen and oxygen atoms in total. The first-order valence-electron chi connectivity index (χ1n) is 8.56. The van der Waals surface area contributed by atoms with Crippen LogP contribution in [0.15, 0.2) is 48.1 Å². The third-order valence-corrected chi connectivity index (χ3v) is 6.32. The van der Waals surface area contributed by atoms with Crippen LogP contribution in [0.1, 0.15) is 31.1 Å². The standard InChI is InChI=1S/C18H22ClN2O5PS/c1-5-24-27(28,25-6-2)26-18(23)16-12-20(4)11-13(3)21(16)17(22)14-9-7-8-10-15(14)19/h7-12H,5-6H2,1-4H3. The Morgan fingerprint density at radius 1 is 1.14 bits per heavy atom. The summed E-state index contributed by atoms with van der Waals surface area (Å²) in [5.74, 6) is -1.28. The largest absolute Gasteiger partial charge is 0.386 e. The minimum absolute atomic E-state index is 0.0129. The van der Waals surface area contributed by atoms with Gasteiger partial charge in [0.15, 0.2) is 5.70 Å². The van der Waals surface area contributed by atoms with E-state index < -0.39 is 18.6 Å². The number of carbonyl (C=O) groups is 2. The molecule has 1 heterocycles. The molecule has 0 bridgehead atoms. The second-order valence-corrected chi connectivity index (χ2v) is 9.07. The van der Waals surface area contributed by atoms with Crippen molar-refractivity contribution in [3.8, 4) is 0 Å². The van der Waals surface area contributed by atoms with E-state index in [2.05, 4.69) is 0 Å². The molecule has 0 radical (unpaired) electrons. The van der Waals surface area contributed by atoms with Gasteiger partial charge >= 0.3 is 12.7 Å². The molecular formula is C18H22ClN2O5PS. The maximum absolute atomic E-state index is 13.1. The van der Waals surface area contributed by atoms with Crippen molar-refractivity contribution in [3.63, 3.8) is 0 Å². The van der Waals surface area contributed by atoms with Crippen LogP contribution in [0.25, 0.3) is 0 Å². The van der Waals surface area contributed by atoms with Gasteiger partial charge in [-0.15, -0.1) is 0 Å². The smallest absolute Gasteiger partial charge is 0.383 e. The van der Waals surface area contributed by atoms with Gasteiger partial charge in [-0.3, -0.25) is 18.7 Å². The summed E-state index contributed by atoms with van der Waals surface area (Å²) < 4.78 is 16.1. The summed E-state index contributed by atoms with van der Waals surface area (Å²) in [6.45, 7) is 2.32. The number of allylic oxidation sites excluding steroid dienone is 1. The summed E-state index contributed by atoms with van der Waals surface area (Å²) in [6.07, 6.45) is 3.17. The fourth-order valence-corrected chi connectivity index (χ4v) is 4.71. The molecule has 0 fully saturated rings. The highest BCUT2D eigenvalue weighted by Gasteiger charge is 2.35. The number of benzene rings is 1. The molecule has 152 valence electrons. The topological polar surface area (TPSA) is 68.3 Å². The molecule has 0 aliphatic carbocycles. The van der Waals surface area contributed by atoms with E-state index in [1.807, 2.05) is 0 Å². The SMILES string of the molecule is CCOP(=S)(OCC)OC(=O)C1=CN(C)C=C(C)N1C(=O)c1ccccc1Cl. The molecule has 2 rings (SSSR count). The molecule has 0 aromatic heterocycles. The van der Waals surface area contributed by atoms with Crippen molar-refractivity contribution in [3.05, 3.63) is 58.6 Å². The summed E-state index contributed by atoms with van der Waals surface area (Å²) in [5, 5.41) is 0.278. The van der Waals surface area contributed by atoms with Crippen molar-refractivity contribution in [2.75, 3.05) is 20.3 Å². The normalized spacial score (nSPS) is 14.5. The van der Waals surface area contributed by atoms with Crippen molar-refractivity contribution in [1.82, 2.24) is 9.80 Å². The average Bonchev–Trinajstić information content (AvgIpc) is 2.61. The fourth-order valence-electron chi connectivity index (χ4n) is 2.55. The van der Waals surface area contributed by atoms with E-state index in [9.17, 15) is 9.59 Å². The Bertz CT molecular complexity index is 863. The van der Waals surface area contributed by atoms with Crippen LogP contribution in [0, 0.1) is 0 Å². The van der Waals surface area contributed by atoms with E-state index in [1.54, 1.807) is 63.2 Å². The van der Waals surface area contributed by atoms with E-state index in [-0.39, 0.29) is 29.5 Å². The first-order chi connectivity index (χ1) is 13.2. The number of amides is 1. The van der Waals surface area contributed by atoms with Crippen molar-refractivity contribution >= 4 is 42.0 Å². The minimum atomic E-state index is -3.28. The second kappa shape index (κ2) is 9.67. The van der Waals surface area contributed by atoms with Gasteiger partial charge in [0.2, 0.25) is 0 Å². The molecule has 0 atom stereocenters. The predicted octanol–water partition coefficient (Wildman–Crippen LogP) is 4.27. The Morgan fingerprint density at radius 3 is 2.32 bits per heavy atom. The highest BCUT2D eigenvalue weighted by Crippen LogP contribution is 2.50. The highest BCUT2D eigenvalue weighted by molar-refractivity contribution is 8.07. The Morgan fingerprint density at radius 2 is 1.75 bits per heavy atom. The number of nitrogens with zero attached hydrogens (tertiary/aromatic N) is 2. The lowest BCUT2D eigenvalue weighted by Gasteiger charge is -2.31. The van der Waals surface area contributed by atoms with Gasteiger partial charge in [0, 0.05) is 37.0 Å². The molecule has 1 aliphatic rings. The summed E-state index contributed by atoms with van der Waals surface area (Å²) >= 11 is 11.4. The van der Waals surface area contributed by atoms with Crippen LogP contribution in [0.2, 0.25) is 5.02 Å². The Kier molecular flexibility index (Phi) is 7.80. The van der Waals surface area contributed by atoms with Gasteiger partial charge < -0.3 is 9.42 Å². The van der Waals surface area contributed by atoms with Crippen LogP contribution in [-0.4, -0.2) is 41.9 Å². The Hall–Kier alpha value is -1.70. The van der Waals surface area contributed by atoms with E-state index in [0.717, 1.165) is 0 Å². The van der Waals surface area contributed by atoms with Gasteiger partial charge in [0.25, 0.3) is 5.91 Å². The van der Waals surface area contributed by atoms with Crippen LogP contribution in [0.5, 0.6) is 0 Å². The van der Waals surface area contributed by atoms with Gasteiger partial charge in [-0.05, 0) is 32.9 Å². The molecule has 1 aromatic rings. The summed E-state index contributed by atoms with van der Waals surface area (Å²) in [6, 6.07) is 6.61. The van der Waals surface area contributed by atoms with Gasteiger partial charge in [-0.1, -0.05) is 23.7 Å². The second-order valence-electron chi connectivity index (χ2n) is 5.73. The zero-order valence-electron chi connectivity index (χ0n) is 16.0. The highest BCUT2D eigenvalue weighted by atomic mass is 35.5. The van der Waals surface area contributed by atoms with Crippen molar-refractivity contribution in [1.29, 1.82) is 0 Å². The Labute approximate surface area is 174 Å². The van der Waals surface area contributed by atoms with Crippen molar-refractivity contribution in [2.45, 2.75) is 20.8 Å². The molecule has 0 spiro atoms. The third-order valence-electron chi connectivity index (χ3n) is 3.60. The molecule has 1 amide bonds. The maximum atomic E-state index is 13.1. The molecule has 0 N–H and O–H groups in total. The lowest BCUT2D eigenvalue weighted by Crippen LogP contribution is -2.37. The molecule has 1 aromatic carbocycles. The third kappa shape index (κ3) is 5.21. The van der Waals surface area contributed by atoms with Crippen molar-refractivity contribution in [2.24, 2.45) is 0 Å². The zero-order chi connectivity index (χ0) is 20.9. The quantitative estimate of drug-likeness (QED) is 0.581. The minimum Gasteiger partial charge on any atom is -0.386 e. The monoisotopic (exact) mass is 444 g/mol. The zero-order valence-corrected chi connectivity index (χ0v) is 18.5. The predicted molar refractivity (Wildman–Crippen MR) is 111 cm³/mol. The Balaban J connectivity index is 2.39. The number of hydrogen-bond acceptors (Lipinski definition) is 7. The number of halogens is 1. The average molecular weight is 445 g/mol. The van der Waals surface area contributed by atoms with Crippen LogP contribution < -0.4 is 0 Å². The van der Waals surface area contributed by atoms with Gasteiger partial charge in [-0.25, -0.2) is 4.79 Å². The van der Waals surface area contributed by atoms with Crippen LogP contribution >= 0.6 is 18.3 Å². The lowest BCUT2D eigenvalue weighted by molar-refractivity contribution is -0.132. The van der Waals surface area contributed by atoms with E-state index in [0.29, 0.717) is 5.70 Å². The molecule has 28 heavy (non-hydrogen) atoms. The maximum Gasteiger partial charge on any atom is 0.383 e.